The summed E-state index contributed by atoms with van der Waals surface area (Å²) in [5.41, 5.74) is 3.52. The quantitative estimate of drug-likeness (QED) is 0.675. The Hall–Kier alpha value is -1.18. The Labute approximate surface area is 90.9 Å². The maximum atomic E-state index is 11.7. The van der Waals surface area contributed by atoms with Crippen LogP contribution in [0.1, 0.15) is 47.9 Å². The maximum Gasteiger partial charge on any atom is 0.192 e. The van der Waals surface area contributed by atoms with Crippen LogP contribution in [0.15, 0.2) is 12.1 Å². The summed E-state index contributed by atoms with van der Waals surface area (Å²) in [6.45, 7) is 2.19. The summed E-state index contributed by atoms with van der Waals surface area (Å²) in [4.78, 5) is 11.7. The van der Waals surface area contributed by atoms with Gasteiger partial charge < -0.3 is 0 Å². The molecule has 0 aliphatic heterocycles. The van der Waals surface area contributed by atoms with Crippen molar-refractivity contribution in [1.29, 1.82) is 0 Å². The molecular formula is C13H18NO+. The summed E-state index contributed by atoms with van der Waals surface area (Å²) in [6.07, 6.45) is 5.03. The van der Waals surface area contributed by atoms with Crippen molar-refractivity contribution in [1.82, 2.24) is 0 Å². The van der Waals surface area contributed by atoms with Gasteiger partial charge in [-0.05, 0) is 18.9 Å². The first-order chi connectivity index (χ1) is 7.24. The lowest BCUT2D eigenvalue weighted by molar-refractivity contribution is -0.687. The Morgan fingerprint density at radius 1 is 1.33 bits per heavy atom. The first-order valence-electron chi connectivity index (χ1n) is 5.78. The summed E-state index contributed by atoms with van der Waals surface area (Å²) in [5, 5.41) is 0. The first kappa shape index (κ1) is 10.3. The summed E-state index contributed by atoms with van der Waals surface area (Å²) in [7, 11) is 2.09. The second-order valence-electron chi connectivity index (χ2n) is 4.27. The lowest BCUT2D eigenvalue weighted by atomic mass is 9.94. The van der Waals surface area contributed by atoms with Crippen LogP contribution in [0.4, 0.5) is 0 Å². The average molecular weight is 204 g/mol. The van der Waals surface area contributed by atoms with E-state index in [-0.39, 0.29) is 0 Å². The number of hydrogen-bond donors (Lipinski definition) is 0. The normalized spacial score (nSPS) is 15.2. The largest absolute Gasteiger partial charge is 0.294 e. The molecule has 0 aromatic carbocycles. The lowest BCUT2D eigenvalue weighted by Gasteiger charge is -2.13. The van der Waals surface area contributed by atoms with Gasteiger partial charge in [0.25, 0.3) is 0 Å². The Kier molecular flexibility index (Phi) is 2.85. The molecule has 80 valence electrons. The van der Waals surface area contributed by atoms with Gasteiger partial charge >= 0.3 is 0 Å². The average Bonchev–Trinajstić information content (AvgIpc) is 2.23. The number of pyridine rings is 1. The van der Waals surface area contributed by atoms with Crippen molar-refractivity contribution >= 4 is 5.78 Å². The molecule has 0 saturated heterocycles. The number of carbonyl (C=O) groups excluding carboxylic acids is 1. The van der Waals surface area contributed by atoms with E-state index in [1.54, 1.807) is 0 Å². The van der Waals surface area contributed by atoms with Gasteiger partial charge in [-0.25, -0.2) is 4.57 Å². The predicted molar refractivity (Wildman–Crippen MR) is 58.9 cm³/mol. The molecule has 0 N–H and O–H groups in total. The summed E-state index contributed by atoms with van der Waals surface area (Å²) in [5.74, 6) is 0.315. The van der Waals surface area contributed by atoms with Crippen LogP contribution in [0.3, 0.4) is 0 Å². The van der Waals surface area contributed by atoms with Crippen LogP contribution in [0.2, 0.25) is 0 Å². The molecule has 1 aliphatic rings. The minimum Gasteiger partial charge on any atom is -0.294 e. The molecule has 15 heavy (non-hydrogen) atoms. The third-order valence-electron chi connectivity index (χ3n) is 3.21. The van der Waals surface area contributed by atoms with E-state index in [1.807, 2.05) is 6.07 Å². The third-order valence-corrected chi connectivity index (χ3v) is 3.21. The Morgan fingerprint density at radius 2 is 2.13 bits per heavy atom. The predicted octanol–water partition coefficient (Wildman–Crippen LogP) is 1.98. The fourth-order valence-electron chi connectivity index (χ4n) is 2.36. The molecule has 0 saturated carbocycles. The van der Waals surface area contributed by atoms with Gasteiger partial charge in [-0.2, -0.15) is 0 Å². The molecule has 2 rings (SSSR count). The molecule has 0 amide bonds. The maximum absolute atomic E-state index is 11.7. The number of ketones is 1. The lowest BCUT2D eigenvalue weighted by Crippen LogP contribution is -2.41. The van der Waals surface area contributed by atoms with Gasteiger partial charge in [-0.15, -0.1) is 0 Å². The molecular weight excluding hydrogens is 186 g/mol. The summed E-state index contributed by atoms with van der Waals surface area (Å²) < 4.78 is 2.22. The minimum atomic E-state index is 0.315. The second-order valence-corrected chi connectivity index (χ2v) is 4.27. The molecule has 1 aromatic rings. The van der Waals surface area contributed by atoms with E-state index in [1.165, 1.54) is 11.4 Å². The Bertz CT molecular complexity index is 396. The highest BCUT2D eigenvalue weighted by atomic mass is 16.1. The highest BCUT2D eigenvalue weighted by molar-refractivity contribution is 5.97. The van der Waals surface area contributed by atoms with Crippen LogP contribution in [0.5, 0.6) is 0 Å². The fourth-order valence-corrected chi connectivity index (χ4v) is 2.36. The molecule has 2 nitrogen and oxygen atoms in total. The van der Waals surface area contributed by atoms with Gasteiger partial charge in [0.1, 0.15) is 7.05 Å². The molecule has 0 atom stereocenters. The fraction of sp³-hybridized carbons (Fsp3) is 0.538. The van der Waals surface area contributed by atoms with Crippen molar-refractivity contribution < 1.29 is 9.36 Å². The zero-order chi connectivity index (χ0) is 10.8. The SMILES string of the molecule is CCCc1ccc2c([n+]1C)CCCC2=O. The molecule has 1 heterocycles. The number of nitrogens with zero attached hydrogens (tertiary/aromatic N) is 1. The molecule has 1 aliphatic carbocycles. The Balaban J connectivity index is 2.47. The van der Waals surface area contributed by atoms with E-state index in [0.717, 1.165) is 37.7 Å². The van der Waals surface area contributed by atoms with Gasteiger partial charge in [0, 0.05) is 25.3 Å². The van der Waals surface area contributed by atoms with Crippen molar-refractivity contribution in [2.24, 2.45) is 7.05 Å². The topological polar surface area (TPSA) is 20.9 Å². The van der Waals surface area contributed by atoms with Crippen molar-refractivity contribution in [3.63, 3.8) is 0 Å². The van der Waals surface area contributed by atoms with Crippen molar-refractivity contribution in [3.05, 3.63) is 29.1 Å². The van der Waals surface area contributed by atoms with Gasteiger partial charge in [-0.1, -0.05) is 6.92 Å². The van der Waals surface area contributed by atoms with Crippen molar-refractivity contribution in [2.45, 2.75) is 39.0 Å². The van der Waals surface area contributed by atoms with Crippen LogP contribution >= 0.6 is 0 Å². The van der Waals surface area contributed by atoms with Gasteiger partial charge in [0.05, 0.1) is 5.56 Å². The monoisotopic (exact) mass is 204 g/mol. The molecule has 0 bridgehead atoms. The van der Waals surface area contributed by atoms with Crippen molar-refractivity contribution in [2.75, 3.05) is 0 Å². The number of aromatic nitrogens is 1. The summed E-state index contributed by atoms with van der Waals surface area (Å²) in [6, 6.07) is 4.12. The number of aryl methyl sites for hydroxylation is 1. The zero-order valence-corrected chi connectivity index (χ0v) is 9.55. The first-order valence-corrected chi connectivity index (χ1v) is 5.78. The van der Waals surface area contributed by atoms with Crippen LogP contribution < -0.4 is 4.57 Å². The Morgan fingerprint density at radius 3 is 2.87 bits per heavy atom. The molecule has 0 fully saturated rings. The summed E-state index contributed by atoms with van der Waals surface area (Å²) >= 11 is 0. The third kappa shape index (κ3) is 1.81. The van der Waals surface area contributed by atoms with Crippen molar-refractivity contribution in [3.8, 4) is 0 Å². The highest BCUT2D eigenvalue weighted by Crippen LogP contribution is 2.18. The van der Waals surface area contributed by atoms with Crippen LogP contribution in [0.25, 0.3) is 0 Å². The van der Waals surface area contributed by atoms with E-state index in [0.29, 0.717) is 5.78 Å². The number of hydrogen-bond acceptors (Lipinski definition) is 1. The number of rotatable bonds is 2. The molecule has 1 aromatic heterocycles. The van der Waals surface area contributed by atoms with Crippen LogP contribution in [0, 0.1) is 0 Å². The molecule has 0 spiro atoms. The van der Waals surface area contributed by atoms with Crippen LogP contribution in [-0.2, 0) is 19.9 Å². The van der Waals surface area contributed by atoms with Gasteiger partial charge in [0.2, 0.25) is 0 Å². The smallest absolute Gasteiger partial charge is 0.192 e. The number of carbonyl (C=O) groups is 1. The van der Waals surface area contributed by atoms with Crippen LogP contribution in [-0.4, -0.2) is 5.78 Å². The standard InChI is InChI=1S/C13H18NO/c1-3-5-10-8-9-11-12(14(10)2)6-4-7-13(11)15/h8-9H,3-7H2,1-2H3/q+1. The second kappa shape index (κ2) is 4.13. The van der Waals surface area contributed by atoms with E-state index in [9.17, 15) is 4.79 Å². The molecule has 0 radical (unpaired) electrons. The minimum absolute atomic E-state index is 0.315. The zero-order valence-electron chi connectivity index (χ0n) is 9.55. The highest BCUT2D eigenvalue weighted by Gasteiger charge is 2.25. The number of fused-ring (bicyclic) bond motifs is 1. The molecule has 0 unspecified atom stereocenters. The van der Waals surface area contributed by atoms with Gasteiger partial charge in [0.15, 0.2) is 17.2 Å². The van der Waals surface area contributed by atoms with E-state index in [4.69, 9.17) is 0 Å². The van der Waals surface area contributed by atoms with Gasteiger partial charge in [-0.3, -0.25) is 4.79 Å². The van der Waals surface area contributed by atoms with E-state index in [2.05, 4.69) is 24.6 Å². The number of Topliss-reactive ketones (excluding diaryl/α,β-unsaturated/α-hetero) is 1. The van der Waals surface area contributed by atoms with E-state index < -0.39 is 0 Å². The molecule has 2 heteroatoms. The van der Waals surface area contributed by atoms with E-state index >= 15 is 0 Å².